The van der Waals surface area contributed by atoms with E-state index in [-0.39, 0.29) is 12.5 Å². The predicted octanol–water partition coefficient (Wildman–Crippen LogP) is 5.35. The van der Waals surface area contributed by atoms with Crippen LogP contribution in [0.3, 0.4) is 0 Å². The lowest BCUT2D eigenvalue weighted by molar-refractivity contribution is -0.151. The SMILES string of the molecule is CCOC(=O)C(c1ccccc1)N1C(=O)/C(=C/c2cccc3ccccc23)SC1=S. The number of nitrogens with zero attached hydrogens (tertiary/aromatic N) is 1. The summed E-state index contributed by atoms with van der Waals surface area (Å²) in [4.78, 5) is 27.9. The Balaban J connectivity index is 1.74. The zero-order valence-electron chi connectivity index (χ0n) is 16.3. The minimum Gasteiger partial charge on any atom is -0.464 e. The third-order valence-electron chi connectivity index (χ3n) is 4.82. The van der Waals surface area contributed by atoms with Gasteiger partial charge in [0.1, 0.15) is 4.32 Å². The molecule has 1 aliphatic heterocycles. The summed E-state index contributed by atoms with van der Waals surface area (Å²) in [5.74, 6) is -0.786. The summed E-state index contributed by atoms with van der Waals surface area (Å²) < 4.78 is 5.60. The number of esters is 1. The highest BCUT2D eigenvalue weighted by Crippen LogP contribution is 2.39. The van der Waals surface area contributed by atoms with Crippen molar-refractivity contribution in [3.05, 3.63) is 88.8 Å². The quantitative estimate of drug-likeness (QED) is 0.309. The number of ether oxygens (including phenoxy) is 1. The highest BCUT2D eigenvalue weighted by atomic mass is 32.2. The molecule has 1 saturated heterocycles. The van der Waals surface area contributed by atoms with Crippen LogP contribution in [0.15, 0.2) is 77.7 Å². The lowest BCUT2D eigenvalue weighted by Crippen LogP contribution is -2.38. The molecule has 3 aromatic rings. The van der Waals surface area contributed by atoms with Gasteiger partial charge in [0.2, 0.25) is 0 Å². The number of carbonyl (C=O) groups excluding carboxylic acids is 2. The molecule has 0 aliphatic carbocycles. The zero-order chi connectivity index (χ0) is 21.1. The van der Waals surface area contributed by atoms with E-state index in [4.69, 9.17) is 17.0 Å². The summed E-state index contributed by atoms with van der Waals surface area (Å²) in [6.07, 6.45) is 1.84. The van der Waals surface area contributed by atoms with Crippen LogP contribution in [0.25, 0.3) is 16.8 Å². The van der Waals surface area contributed by atoms with Gasteiger partial charge in [0.25, 0.3) is 5.91 Å². The molecule has 4 rings (SSSR count). The third-order valence-corrected chi connectivity index (χ3v) is 6.15. The number of carbonyl (C=O) groups is 2. The summed E-state index contributed by atoms with van der Waals surface area (Å²) in [5.41, 5.74) is 1.60. The summed E-state index contributed by atoms with van der Waals surface area (Å²) in [7, 11) is 0. The molecule has 0 bridgehead atoms. The van der Waals surface area contributed by atoms with Gasteiger partial charge in [0.05, 0.1) is 11.5 Å². The molecule has 1 fully saturated rings. The fraction of sp³-hybridized carbons (Fsp3) is 0.125. The van der Waals surface area contributed by atoms with Crippen molar-refractivity contribution in [3.8, 4) is 0 Å². The van der Waals surface area contributed by atoms with Crippen LogP contribution < -0.4 is 0 Å². The van der Waals surface area contributed by atoms with Crippen molar-refractivity contribution in [2.24, 2.45) is 0 Å². The molecule has 0 N–H and O–H groups in total. The molecule has 1 amide bonds. The minimum atomic E-state index is -0.905. The van der Waals surface area contributed by atoms with Crippen LogP contribution in [-0.4, -0.2) is 27.7 Å². The van der Waals surface area contributed by atoms with Gasteiger partial charge in [-0.15, -0.1) is 0 Å². The number of fused-ring (bicyclic) bond motifs is 1. The fourth-order valence-corrected chi connectivity index (χ4v) is 4.77. The lowest BCUT2D eigenvalue weighted by Gasteiger charge is -2.25. The van der Waals surface area contributed by atoms with E-state index in [9.17, 15) is 9.59 Å². The van der Waals surface area contributed by atoms with E-state index < -0.39 is 12.0 Å². The van der Waals surface area contributed by atoms with Crippen LogP contribution in [0.2, 0.25) is 0 Å². The van der Waals surface area contributed by atoms with Gasteiger partial charge >= 0.3 is 5.97 Å². The normalized spacial score (nSPS) is 16.3. The van der Waals surface area contributed by atoms with E-state index in [2.05, 4.69) is 0 Å². The number of amides is 1. The van der Waals surface area contributed by atoms with Crippen LogP contribution in [0.4, 0.5) is 0 Å². The van der Waals surface area contributed by atoms with E-state index >= 15 is 0 Å². The second-order valence-corrected chi connectivity index (χ2v) is 8.36. The first-order valence-electron chi connectivity index (χ1n) is 9.56. The molecule has 6 heteroatoms. The van der Waals surface area contributed by atoms with E-state index in [0.29, 0.717) is 14.8 Å². The number of rotatable bonds is 5. The van der Waals surface area contributed by atoms with Crippen molar-refractivity contribution >= 4 is 57.0 Å². The van der Waals surface area contributed by atoms with E-state index in [1.165, 1.54) is 16.7 Å². The number of benzene rings is 3. The maximum absolute atomic E-state index is 13.3. The first-order valence-corrected chi connectivity index (χ1v) is 10.8. The Morgan fingerprint density at radius 1 is 1.07 bits per heavy atom. The highest BCUT2D eigenvalue weighted by Gasteiger charge is 2.42. The molecule has 0 spiro atoms. The molecule has 0 saturated carbocycles. The van der Waals surface area contributed by atoms with Gasteiger partial charge in [0, 0.05) is 0 Å². The van der Waals surface area contributed by atoms with Gasteiger partial charge < -0.3 is 4.74 Å². The van der Waals surface area contributed by atoms with Gasteiger partial charge in [-0.2, -0.15) is 0 Å². The maximum Gasteiger partial charge on any atom is 0.333 e. The van der Waals surface area contributed by atoms with Gasteiger partial charge in [-0.25, -0.2) is 4.79 Å². The first-order chi connectivity index (χ1) is 14.6. The molecule has 0 aromatic heterocycles. The van der Waals surface area contributed by atoms with Crippen molar-refractivity contribution in [2.75, 3.05) is 6.61 Å². The zero-order valence-corrected chi connectivity index (χ0v) is 17.9. The molecular formula is C24H19NO3S2. The molecule has 0 radical (unpaired) electrons. The van der Waals surface area contributed by atoms with Gasteiger partial charge in [-0.05, 0) is 34.9 Å². The van der Waals surface area contributed by atoms with E-state index in [1.807, 2.05) is 66.7 Å². The molecule has 1 unspecified atom stereocenters. The molecule has 30 heavy (non-hydrogen) atoms. The van der Waals surface area contributed by atoms with E-state index in [1.54, 1.807) is 19.1 Å². The largest absolute Gasteiger partial charge is 0.464 e. The van der Waals surface area contributed by atoms with Crippen LogP contribution in [0, 0.1) is 0 Å². The number of hydrogen-bond acceptors (Lipinski definition) is 5. The Hall–Kier alpha value is -2.96. The molecule has 1 aliphatic rings. The molecule has 150 valence electrons. The molecular weight excluding hydrogens is 414 g/mol. The van der Waals surface area contributed by atoms with E-state index in [0.717, 1.165) is 16.3 Å². The molecule has 1 atom stereocenters. The second-order valence-electron chi connectivity index (χ2n) is 6.69. The Morgan fingerprint density at radius 2 is 1.77 bits per heavy atom. The number of hydrogen-bond donors (Lipinski definition) is 0. The Morgan fingerprint density at radius 3 is 2.53 bits per heavy atom. The van der Waals surface area contributed by atoms with Crippen LogP contribution in [-0.2, 0) is 14.3 Å². The molecule has 4 nitrogen and oxygen atoms in total. The van der Waals surface area contributed by atoms with Crippen molar-refractivity contribution < 1.29 is 14.3 Å². The number of thioether (sulfide) groups is 1. The van der Waals surface area contributed by atoms with Gasteiger partial charge in [0.15, 0.2) is 6.04 Å². The average Bonchev–Trinajstić information content (AvgIpc) is 3.03. The van der Waals surface area contributed by atoms with Crippen molar-refractivity contribution in [3.63, 3.8) is 0 Å². The highest BCUT2D eigenvalue weighted by molar-refractivity contribution is 8.26. The second kappa shape index (κ2) is 8.81. The van der Waals surface area contributed by atoms with Crippen LogP contribution in [0.1, 0.15) is 24.1 Å². The smallest absolute Gasteiger partial charge is 0.333 e. The predicted molar refractivity (Wildman–Crippen MR) is 125 cm³/mol. The fourth-order valence-electron chi connectivity index (χ4n) is 3.47. The third kappa shape index (κ3) is 3.88. The Kier molecular flexibility index (Phi) is 5.97. The van der Waals surface area contributed by atoms with Crippen molar-refractivity contribution in [1.82, 2.24) is 4.90 Å². The molecule has 3 aromatic carbocycles. The van der Waals surface area contributed by atoms with Crippen molar-refractivity contribution in [2.45, 2.75) is 13.0 Å². The summed E-state index contributed by atoms with van der Waals surface area (Å²) >= 11 is 6.71. The molecule has 1 heterocycles. The van der Waals surface area contributed by atoms with Gasteiger partial charge in [-0.3, -0.25) is 9.69 Å². The van der Waals surface area contributed by atoms with Crippen molar-refractivity contribution in [1.29, 1.82) is 0 Å². The maximum atomic E-state index is 13.3. The monoisotopic (exact) mass is 433 g/mol. The average molecular weight is 434 g/mol. The number of thiocarbonyl (C=S) groups is 1. The van der Waals surface area contributed by atoms with Crippen LogP contribution >= 0.6 is 24.0 Å². The summed E-state index contributed by atoms with van der Waals surface area (Å²) in [6.45, 7) is 1.97. The topological polar surface area (TPSA) is 46.6 Å². The summed E-state index contributed by atoms with van der Waals surface area (Å²) in [5, 5.41) is 2.14. The minimum absolute atomic E-state index is 0.225. The lowest BCUT2D eigenvalue weighted by atomic mass is 10.0. The van der Waals surface area contributed by atoms with Gasteiger partial charge in [-0.1, -0.05) is 96.8 Å². The summed E-state index contributed by atoms with van der Waals surface area (Å²) in [6, 6.07) is 22.2. The first kappa shape index (κ1) is 20.3. The Bertz CT molecular complexity index is 1150. The van der Waals surface area contributed by atoms with Crippen LogP contribution in [0.5, 0.6) is 0 Å². The standard InChI is InChI=1S/C24H19NO3S2/c1-2-28-23(27)21(17-10-4-3-5-11-17)25-22(26)20(30-24(25)29)15-18-13-8-12-16-9-6-7-14-19(16)18/h3-15,21H,2H2,1H3/b20-15-. The Labute approximate surface area is 184 Å².